The number of fused-ring (bicyclic) bond motifs is 6. The summed E-state index contributed by atoms with van der Waals surface area (Å²) in [5.74, 6) is 0. The van der Waals surface area contributed by atoms with Gasteiger partial charge < -0.3 is 9.13 Å². The zero-order chi connectivity index (χ0) is 39.0. The summed E-state index contributed by atoms with van der Waals surface area (Å²) < 4.78 is 5.02. The van der Waals surface area contributed by atoms with Crippen molar-refractivity contribution in [2.75, 3.05) is 0 Å². The monoisotopic (exact) mass is 708 g/mol. The Kier molecular flexibility index (Phi) is 8.13. The van der Waals surface area contributed by atoms with Crippen molar-refractivity contribution in [3.8, 4) is 27.9 Å². The lowest BCUT2D eigenvalue weighted by Crippen LogP contribution is -2.01. The third-order valence-corrected chi connectivity index (χ3v) is 14.5. The molecule has 0 saturated heterocycles. The molecule has 6 aromatic carbocycles. The summed E-state index contributed by atoms with van der Waals surface area (Å²) in [6, 6.07) is 18.6. The highest BCUT2D eigenvalue weighted by Crippen LogP contribution is 2.46. The van der Waals surface area contributed by atoms with Gasteiger partial charge in [0.25, 0.3) is 0 Å². The molecule has 0 fully saturated rings. The van der Waals surface area contributed by atoms with Gasteiger partial charge in [-0.2, -0.15) is 0 Å². The maximum Gasteiger partial charge on any atom is 0.0575 e. The SMILES string of the molecule is Cc1c(C)c(C)c2c(c1C)c1c(C)c(-c3ccc(-c4ccc(-n5c6c(C)c(C)c(C)c(C)c6c6c(C)c(C)c(C)c(C)c65)cc4)cc3)c(C)c(C)c1n2C. The van der Waals surface area contributed by atoms with E-state index >= 15 is 0 Å². The Labute approximate surface area is 322 Å². The van der Waals surface area contributed by atoms with Gasteiger partial charge in [-0.05, 0) is 222 Å². The minimum absolute atomic E-state index is 1.22. The van der Waals surface area contributed by atoms with E-state index in [1.165, 1.54) is 155 Å². The molecular weight excluding hydrogens is 653 g/mol. The summed E-state index contributed by atoms with van der Waals surface area (Å²) in [6.45, 7) is 34.6. The molecule has 2 nitrogen and oxygen atoms in total. The highest BCUT2D eigenvalue weighted by molar-refractivity contribution is 6.17. The second kappa shape index (κ2) is 12.2. The summed E-state index contributed by atoms with van der Waals surface area (Å²) in [5.41, 5.74) is 32.6. The van der Waals surface area contributed by atoms with Gasteiger partial charge in [0, 0.05) is 34.3 Å². The van der Waals surface area contributed by atoms with Crippen LogP contribution in [0.1, 0.15) is 83.5 Å². The molecule has 0 saturated carbocycles. The van der Waals surface area contributed by atoms with Crippen molar-refractivity contribution < 1.29 is 0 Å². The Morgan fingerprint density at radius 2 is 0.574 bits per heavy atom. The first-order valence-electron chi connectivity index (χ1n) is 19.7. The molecule has 0 amide bonds. The average molecular weight is 709 g/mol. The van der Waals surface area contributed by atoms with Crippen LogP contribution < -0.4 is 0 Å². The van der Waals surface area contributed by atoms with E-state index in [0.29, 0.717) is 0 Å². The third-order valence-electron chi connectivity index (χ3n) is 14.5. The highest BCUT2D eigenvalue weighted by Gasteiger charge is 2.25. The fraction of sp³-hybridized carbons (Fsp3) is 0.308. The molecule has 0 aliphatic rings. The van der Waals surface area contributed by atoms with Gasteiger partial charge in [-0.1, -0.05) is 36.4 Å². The van der Waals surface area contributed by atoms with Crippen LogP contribution in [0.3, 0.4) is 0 Å². The molecule has 0 aliphatic carbocycles. The Morgan fingerprint density at radius 3 is 1.00 bits per heavy atom. The fourth-order valence-electron chi connectivity index (χ4n) is 10.2. The van der Waals surface area contributed by atoms with Gasteiger partial charge >= 0.3 is 0 Å². The molecule has 2 heterocycles. The van der Waals surface area contributed by atoms with Crippen LogP contribution in [0.4, 0.5) is 0 Å². The second-order valence-corrected chi connectivity index (χ2v) is 16.7. The molecule has 0 spiro atoms. The fourth-order valence-corrected chi connectivity index (χ4v) is 10.2. The zero-order valence-corrected chi connectivity index (χ0v) is 35.5. The van der Waals surface area contributed by atoms with Crippen molar-refractivity contribution in [2.45, 2.75) is 104 Å². The summed E-state index contributed by atoms with van der Waals surface area (Å²) in [5, 5.41) is 5.64. The molecule has 0 bridgehead atoms. The van der Waals surface area contributed by atoms with Gasteiger partial charge in [-0.3, -0.25) is 0 Å². The number of aryl methyl sites for hydroxylation is 9. The van der Waals surface area contributed by atoms with Crippen LogP contribution in [0.25, 0.3) is 71.6 Å². The second-order valence-electron chi connectivity index (χ2n) is 16.7. The molecule has 2 aromatic heterocycles. The van der Waals surface area contributed by atoms with E-state index in [1.807, 2.05) is 0 Å². The van der Waals surface area contributed by atoms with Gasteiger partial charge in [0.2, 0.25) is 0 Å². The molecule has 8 rings (SSSR count). The third kappa shape index (κ3) is 4.58. The Morgan fingerprint density at radius 1 is 0.278 bits per heavy atom. The molecule has 0 N–H and O–H groups in total. The quantitative estimate of drug-likeness (QED) is 0.173. The number of aromatic nitrogens is 2. The van der Waals surface area contributed by atoms with E-state index < -0.39 is 0 Å². The van der Waals surface area contributed by atoms with Crippen molar-refractivity contribution in [2.24, 2.45) is 7.05 Å². The van der Waals surface area contributed by atoms with Gasteiger partial charge in [0.15, 0.2) is 0 Å². The van der Waals surface area contributed by atoms with E-state index in [0.717, 1.165) is 0 Å². The van der Waals surface area contributed by atoms with E-state index in [-0.39, 0.29) is 0 Å². The standard InChI is InChI=1S/C52H56N2/c1-25-28(4)35(11)49-45(31(25)7)48-39(15)44(34(10)38(14)50(48)53(49)16)42-19-17-40(18-20-42)41-21-23-43(24-22-41)54-51-36(12)29(5)26(2)32(8)46(51)47-33(9)27(3)30(6)37(13)52(47)54/h17-24H,1-16H3. The van der Waals surface area contributed by atoms with Crippen LogP contribution in [-0.2, 0) is 7.05 Å². The van der Waals surface area contributed by atoms with Crippen molar-refractivity contribution in [3.05, 3.63) is 132 Å². The molecule has 0 radical (unpaired) electrons. The first-order valence-corrected chi connectivity index (χ1v) is 19.7. The van der Waals surface area contributed by atoms with Crippen molar-refractivity contribution >= 4 is 43.6 Å². The minimum atomic E-state index is 1.22. The van der Waals surface area contributed by atoms with Crippen LogP contribution >= 0.6 is 0 Å². The molecular formula is C52H56N2. The lowest BCUT2D eigenvalue weighted by atomic mass is 9.87. The number of benzene rings is 6. The van der Waals surface area contributed by atoms with Crippen LogP contribution in [0, 0.1) is 104 Å². The highest BCUT2D eigenvalue weighted by atomic mass is 15.0. The maximum absolute atomic E-state index is 2.56. The van der Waals surface area contributed by atoms with E-state index in [2.05, 4.69) is 169 Å². The first kappa shape index (κ1) is 35.9. The van der Waals surface area contributed by atoms with Gasteiger partial charge in [-0.15, -0.1) is 0 Å². The minimum Gasteiger partial charge on any atom is -0.343 e. The molecule has 0 atom stereocenters. The average Bonchev–Trinajstić information content (AvgIpc) is 3.69. The molecule has 274 valence electrons. The van der Waals surface area contributed by atoms with E-state index in [9.17, 15) is 0 Å². The van der Waals surface area contributed by atoms with Crippen LogP contribution in [0.15, 0.2) is 48.5 Å². The molecule has 54 heavy (non-hydrogen) atoms. The largest absolute Gasteiger partial charge is 0.343 e. The summed E-state index contributed by atoms with van der Waals surface area (Å²) >= 11 is 0. The van der Waals surface area contributed by atoms with Gasteiger partial charge in [-0.25, -0.2) is 0 Å². The summed E-state index contributed by atoms with van der Waals surface area (Å²) in [4.78, 5) is 0. The number of hydrogen-bond acceptors (Lipinski definition) is 0. The van der Waals surface area contributed by atoms with Gasteiger partial charge in [0.05, 0.1) is 22.1 Å². The van der Waals surface area contributed by atoms with Gasteiger partial charge in [0.1, 0.15) is 0 Å². The van der Waals surface area contributed by atoms with Crippen molar-refractivity contribution in [1.29, 1.82) is 0 Å². The summed E-state index contributed by atoms with van der Waals surface area (Å²) in [6.07, 6.45) is 0. The molecule has 0 aliphatic heterocycles. The molecule has 0 unspecified atom stereocenters. The summed E-state index contributed by atoms with van der Waals surface area (Å²) in [7, 11) is 2.26. The molecule has 2 heteroatoms. The Bertz CT molecular complexity index is 2860. The predicted octanol–water partition coefficient (Wildman–Crippen LogP) is 14.4. The number of nitrogens with zero attached hydrogens (tertiary/aromatic N) is 2. The number of hydrogen-bond donors (Lipinski definition) is 0. The lowest BCUT2D eigenvalue weighted by Gasteiger charge is -2.17. The van der Waals surface area contributed by atoms with E-state index in [1.54, 1.807) is 0 Å². The number of rotatable bonds is 3. The Balaban J connectivity index is 1.26. The van der Waals surface area contributed by atoms with Crippen LogP contribution in [0.2, 0.25) is 0 Å². The maximum atomic E-state index is 2.56. The predicted molar refractivity (Wildman–Crippen MR) is 237 cm³/mol. The topological polar surface area (TPSA) is 9.86 Å². The van der Waals surface area contributed by atoms with Crippen LogP contribution in [-0.4, -0.2) is 9.13 Å². The van der Waals surface area contributed by atoms with Crippen molar-refractivity contribution in [1.82, 2.24) is 9.13 Å². The van der Waals surface area contributed by atoms with Crippen molar-refractivity contribution in [3.63, 3.8) is 0 Å². The normalized spacial score (nSPS) is 12.1. The Hall–Kier alpha value is -5.08. The lowest BCUT2D eigenvalue weighted by molar-refractivity contribution is 0.996. The molecule has 8 aromatic rings. The zero-order valence-electron chi connectivity index (χ0n) is 35.5. The van der Waals surface area contributed by atoms with Crippen LogP contribution in [0.5, 0.6) is 0 Å². The smallest absolute Gasteiger partial charge is 0.0575 e. The first-order chi connectivity index (χ1) is 25.5. The van der Waals surface area contributed by atoms with E-state index in [4.69, 9.17) is 0 Å².